The van der Waals surface area contributed by atoms with Crippen LogP contribution in [0.25, 0.3) is 5.65 Å². The maximum absolute atomic E-state index is 13.0. The first kappa shape index (κ1) is 20.1. The molecule has 0 unspecified atom stereocenters. The maximum atomic E-state index is 13.0. The Bertz CT molecular complexity index is 978. The van der Waals surface area contributed by atoms with Gasteiger partial charge >= 0.3 is 17.9 Å². The molecule has 3 rings (SSSR count). The molecule has 1 aliphatic rings. The predicted molar refractivity (Wildman–Crippen MR) is 101 cm³/mol. The minimum absolute atomic E-state index is 0.00139. The fourth-order valence-corrected chi connectivity index (χ4v) is 3.28. The number of ether oxygens (including phenoxy) is 3. The Kier molecular flexibility index (Phi) is 5.67. The number of allylic oxidation sites excluding steroid dienone is 2. The number of esters is 3. The minimum atomic E-state index is -1.27. The van der Waals surface area contributed by atoms with E-state index in [4.69, 9.17) is 14.2 Å². The highest BCUT2D eigenvalue weighted by atomic mass is 16.5. The summed E-state index contributed by atoms with van der Waals surface area (Å²) in [4.78, 5) is 42.0. The third kappa shape index (κ3) is 3.84. The van der Waals surface area contributed by atoms with Crippen molar-refractivity contribution in [1.29, 1.82) is 0 Å². The van der Waals surface area contributed by atoms with Crippen molar-refractivity contribution in [3.8, 4) is 0 Å². The van der Waals surface area contributed by atoms with Crippen LogP contribution >= 0.6 is 0 Å². The zero-order valence-corrected chi connectivity index (χ0v) is 16.5. The number of fused-ring (bicyclic) bond motifs is 1. The van der Waals surface area contributed by atoms with Crippen LogP contribution in [0, 0.1) is 5.92 Å². The average Bonchev–Trinajstić information content (AvgIpc) is 3.13. The van der Waals surface area contributed by atoms with E-state index < -0.39 is 23.8 Å². The number of pyridine rings is 1. The predicted octanol–water partition coefficient (Wildman–Crippen LogP) is 1.49. The second-order valence-electron chi connectivity index (χ2n) is 6.42. The van der Waals surface area contributed by atoms with E-state index in [2.05, 4.69) is 10.3 Å². The zero-order valence-electron chi connectivity index (χ0n) is 16.5. The van der Waals surface area contributed by atoms with Crippen molar-refractivity contribution in [2.75, 3.05) is 14.2 Å². The quantitative estimate of drug-likeness (QED) is 0.595. The summed E-state index contributed by atoms with van der Waals surface area (Å²) >= 11 is 0. The fraction of sp³-hybridized carbons (Fsp3) is 0.300. The van der Waals surface area contributed by atoms with Gasteiger partial charge in [-0.2, -0.15) is 0 Å². The third-order valence-electron chi connectivity index (χ3n) is 4.58. The summed E-state index contributed by atoms with van der Waals surface area (Å²) < 4.78 is 16.8. The van der Waals surface area contributed by atoms with Crippen LogP contribution in [0.2, 0.25) is 0 Å². The molecule has 0 saturated heterocycles. The Labute approximate surface area is 167 Å². The van der Waals surface area contributed by atoms with Crippen LogP contribution in [0.15, 0.2) is 53.1 Å². The molecular weight excluding hydrogens is 378 g/mol. The highest BCUT2D eigenvalue weighted by molar-refractivity contribution is 6.05. The molecule has 1 N–H and O–H groups in total. The van der Waals surface area contributed by atoms with E-state index in [0.29, 0.717) is 22.7 Å². The van der Waals surface area contributed by atoms with Crippen molar-refractivity contribution < 1.29 is 28.6 Å². The van der Waals surface area contributed by atoms with E-state index >= 15 is 0 Å². The standard InChI is InChI=1S/C20H21N3O6/c1-11-15(18(24)27-3)17(16(12(2)21-11)19(25)28-4)20(26)29-10-13-9-23-8-6-5-7-14(23)22-13/h5-9,17,21H,10H2,1-4H3. The van der Waals surface area contributed by atoms with Gasteiger partial charge in [0.25, 0.3) is 0 Å². The average molecular weight is 399 g/mol. The van der Waals surface area contributed by atoms with Crippen molar-refractivity contribution in [3.05, 3.63) is 58.8 Å². The van der Waals surface area contributed by atoms with Gasteiger partial charge in [-0.15, -0.1) is 0 Å². The van der Waals surface area contributed by atoms with Gasteiger partial charge in [0, 0.05) is 23.8 Å². The van der Waals surface area contributed by atoms with Crippen molar-refractivity contribution >= 4 is 23.6 Å². The number of nitrogens with one attached hydrogen (secondary N) is 1. The second-order valence-corrected chi connectivity index (χ2v) is 6.42. The number of imidazole rings is 1. The summed E-state index contributed by atoms with van der Waals surface area (Å²) in [6, 6.07) is 5.52. The first-order valence-corrected chi connectivity index (χ1v) is 8.81. The van der Waals surface area contributed by atoms with Crippen molar-refractivity contribution in [2.45, 2.75) is 20.5 Å². The van der Waals surface area contributed by atoms with Crippen LogP contribution in [0.5, 0.6) is 0 Å². The summed E-state index contributed by atoms with van der Waals surface area (Å²) in [6.45, 7) is 3.11. The van der Waals surface area contributed by atoms with Gasteiger partial charge in [-0.1, -0.05) is 6.07 Å². The molecule has 1 aliphatic heterocycles. The summed E-state index contributed by atoms with van der Waals surface area (Å²) in [5.41, 5.74) is 2.03. The van der Waals surface area contributed by atoms with Crippen LogP contribution in [-0.4, -0.2) is 41.5 Å². The highest BCUT2D eigenvalue weighted by Crippen LogP contribution is 2.32. The summed E-state index contributed by atoms with van der Waals surface area (Å²) in [6.07, 6.45) is 3.55. The Morgan fingerprint density at radius 1 is 1.07 bits per heavy atom. The maximum Gasteiger partial charge on any atom is 0.336 e. The monoisotopic (exact) mass is 399 g/mol. The normalized spacial score (nSPS) is 14.6. The van der Waals surface area contributed by atoms with E-state index in [1.807, 2.05) is 24.4 Å². The number of hydrogen-bond donors (Lipinski definition) is 1. The van der Waals surface area contributed by atoms with Crippen LogP contribution in [0.1, 0.15) is 19.5 Å². The lowest BCUT2D eigenvalue weighted by molar-refractivity contribution is -0.152. The molecule has 0 fully saturated rings. The Morgan fingerprint density at radius 2 is 1.69 bits per heavy atom. The van der Waals surface area contributed by atoms with Crippen LogP contribution < -0.4 is 5.32 Å². The first-order chi connectivity index (χ1) is 13.9. The lowest BCUT2D eigenvalue weighted by Crippen LogP contribution is -2.37. The van der Waals surface area contributed by atoms with Crippen molar-refractivity contribution in [1.82, 2.24) is 14.7 Å². The molecule has 0 aromatic carbocycles. The zero-order chi connectivity index (χ0) is 21.1. The molecule has 9 heteroatoms. The van der Waals surface area contributed by atoms with E-state index in [1.165, 1.54) is 14.2 Å². The number of carbonyl (C=O) groups is 3. The Morgan fingerprint density at radius 3 is 2.24 bits per heavy atom. The van der Waals surface area contributed by atoms with E-state index in [0.717, 1.165) is 0 Å². The lowest BCUT2D eigenvalue weighted by atomic mass is 9.85. The molecule has 2 aromatic heterocycles. The molecule has 152 valence electrons. The SMILES string of the molecule is COC(=O)C1=C(C)NC(C)=C(C(=O)OC)C1C(=O)OCc1cn2ccccc2n1. The third-order valence-corrected chi connectivity index (χ3v) is 4.58. The number of aromatic nitrogens is 2. The van der Waals surface area contributed by atoms with Gasteiger partial charge in [-0.05, 0) is 26.0 Å². The van der Waals surface area contributed by atoms with Crippen molar-refractivity contribution in [3.63, 3.8) is 0 Å². The Balaban J connectivity index is 1.90. The lowest BCUT2D eigenvalue weighted by Gasteiger charge is -2.28. The Hall–Kier alpha value is -3.62. The largest absolute Gasteiger partial charge is 0.466 e. The van der Waals surface area contributed by atoms with Crippen LogP contribution in [0.3, 0.4) is 0 Å². The van der Waals surface area contributed by atoms with Crippen LogP contribution in [-0.2, 0) is 35.2 Å². The van der Waals surface area contributed by atoms with Gasteiger partial charge < -0.3 is 23.9 Å². The molecule has 29 heavy (non-hydrogen) atoms. The second kappa shape index (κ2) is 8.17. The molecule has 3 heterocycles. The number of dihydropyridines is 1. The highest BCUT2D eigenvalue weighted by Gasteiger charge is 2.42. The topological polar surface area (TPSA) is 108 Å². The smallest absolute Gasteiger partial charge is 0.336 e. The molecule has 2 aromatic rings. The molecule has 0 bridgehead atoms. The fourth-order valence-electron chi connectivity index (χ4n) is 3.28. The number of hydrogen-bond acceptors (Lipinski definition) is 8. The van der Waals surface area contributed by atoms with Gasteiger partial charge in [0.2, 0.25) is 0 Å². The molecule has 0 spiro atoms. The van der Waals surface area contributed by atoms with Gasteiger partial charge in [0.15, 0.2) is 0 Å². The number of methoxy groups -OCH3 is 2. The summed E-state index contributed by atoms with van der Waals surface area (Å²) in [7, 11) is 2.40. The number of carbonyl (C=O) groups excluding carboxylic acids is 3. The molecule has 0 radical (unpaired) electrons. The van der Waals surface area contributed by atoms with E-state index in [-0.39, 0.29) is 17.8 Å². The first-order valence-electron chi connectivity index (χ1n) is 8.81. The van der Waals surface area contributed by atoms with E-state index in [9.17, 15) is 14.4 Å². The number of nitrogens with zero attached hydrogens (tertiary/aromatic N) is 2. The van der Waals surface area contributed by atoms with Gasteiger partial charge in [-0.3, -0.25) is 4.79 Å². The van der Waals surface area contributed by atoms with E-state index in [1.54, 1.807) is 24.4 Å². The summed E-state index contributed by atoms with van der Waals surface area (Å²) in [5.74, 6) is -3.52. The summed E-state index contributed by atoms with van der Waals surface area (Å²) in [5, 5.41) is 2.92. The van der Waals surface area contributed by atoms with Crippen LogP contribution in [0.4, 0.5) is 0 Å². The molecule has 0 aliphatic carbocycles. The molecule has 0 atom stereocenters. The van der Waals surface area contributed by atoms with Gasteiger partial charge in [0.05, 0.1) is 31.1 Å². The molecule has 0 saturated carbocycles. The molecule has 9 nitrogen and oxygen atoms in total. The van der Waals surface area contributed by atoms with Crippen molar-refractivity contribution in [2.24, 2.45) is 5.92 Å². The van der Waals surface area contributed by atoms with Gasteiger partial charge in [0.1, 0.15) is 18.2 Å². The van der Waals surface area contributed by atoms with Gasteiger partial charge in [-0.25, -0.2) is 14.6 Å². The minimum Gasteiger partial charge on any atom is -0.466 e. The number of rotatable bonds is 5. The molecular formula is C20H21N3O6. The molecule has 0 amide bonds.